The molecule has 0 spiro atoms. The van der Waals surface area contributed by atoms with Gasteiger partial charge >= 0.3 is 0 Å². The predicted octanol–water partition coefficient (Wildman–Crippen LogP) is 1.96. The number of carbonyl (C=O) groups is 1. The van der Waals surface area contributed by atoms with E-state index >= 15 is 0 Å². The van der Waals surface area contributed by atoms with E-state index < -0.39 is 11.4 Å². The van der Waals surface area contributed by atoms with Crippen LogP contribution in [0, 0.1) is 0 Å². The van der Waals surface area contributed by atoms with E-state index in [9.17, 15) is 4.79 Å². The number of ether oxygens (including phenoxy) is 1. The molecular weight excluding hydrogens is 266 g/mol. The first-order valence-corrected chi connectivity index (χ1v) is 7.73. The molecule has 1 heterocycles. The molecule has 1 aliphatic carbocycles. The summed E-state index contributed by atoms with van der Waals surface area (Å²) in [5, 5.41) is 0. The van der Waals surface area contributed by atoms with Gasteiger partial charge in [-0.25, -0.2) is 4.98 Å². The zero-order valence-electron chi connectivity index (χ0n) is 12.9. The number of hydrogen-bond donors (Lipinski definition) is 2. The summed E-state index contributed by atoms with van der Waals surface area (Å²) in [6.07, 6.45) is 5.75. The molecule has 116 valence electrons. The number of aryl methyl sites for hydroxylation is 2. The molecule has 0 aliphatic heterocycles. The Kier molecular flexibility index (Phi) is 4.83. The second kappa shape index (κ2) is 6.43. The number of hydrogen-bond acceptors (Lipinski definition) is 4. The van der Waals surface area contributed by atoms with Crippen LogP contribution in [-0.4, -0.2) is 23.0 Å². The van der Waals surface area contributed by atoms with Crippen LogP contribution in [0.4, 0.5) is 0 Å². The first-order chi connectivity index (χ1) is 9.99. The summed E-state index contributed by atoms with van der Waals surface area (Å²) in [4.78, 5) is 16.2. The molecule has 1 amide bonds. The van der Waals surface area contributed by atoms with Crippen molar-refractivity contribution in [2.24, 2.45) is 11.5 Å². The van der Waals surface area contributed by atoms with Gasteiger partial charge in [0.25, 0.3) is 5.91 Å². The molecule has 1 aromatic rings. The zero-order valence-corrected chi connectivity index (χ0v) is 12.9. The molecule has 0 unspecified atom stereocenters. The van der Waals surface area contributed by atoms with Crippen molar-refractivity contribution >= 4 is 5.91 Å². The second-order valence-electron chi connectivity index (χ2n) is 5.88. The minimum absolute atomic E-state index is 0.333. The van der Waals surface area contributed by atoms with Crippen LogP contribution in [0.1, 0.15) is 61.1 Å². The fourth-order valence-electron chi connectivity index (χ4n) is 2.57. The van der Waals surface area contributed by atoms with E-state index in [-0.39, 0.29) is 0 Å². The molecule has 0 fully saturated rings. The third-order valence-electron chi connectivity index (χ3n) is 4.44. The molecule has 0 bridgehead atoms. The van der Waals surface area contributed by atoms with Gasteiger partial charge < -0.3 is 16.2 Å². The van der Waals surface area contributed by atoms with E-state index in [0.29, 0.717) is 18.1 Å². The number of aromatic nitrogens is 1. The van der Waals surface area contributed by atoms with E-state index in [0.717, 1.165) is 49.8 Å². The molecular formula is C16H25N3O2. The SMILES string of the molecule is CCC(N)(CC)COc1nc2c(cc1C(N)=O)CCCC2. The highest BCUT2D eigenvalue weighted by Gasteiger charge is 2.24. The van der Waals surface area contributed by atoms with Crippen LogP contribution in [0.2, 0.25) is 0 Å². The summed E-state index contributed by atoms with van der Waals surface area (Å²) in [5.41, 5.74) is 13.8. The Bertz CT molecular complexity index is 524. The minimum atomic E-state index is -0.499. The van der Waals surface area contributed by atoms with Crippen LogP contribution < -0.4 is 16.2 Å². The van der Waals surface area contributed by atoms with Gasteiger partial charge in [-0.05, 0) is 50.2 Å². The molecule has 0 radical (unpaired) electrons. The molecule has 5 heteroatoms. The first kappa shape index (κ1) is 15.8. The molecule has 0 saturated heterocycles. The Morgan fingerprint density at radius 1 is 1.33 bits per heavy atom. The average Bonchev–Trinajstić information content (AvgIpc) is 2.51. The topological polar surface area (TPSA) is 91.2 Å². The normalized spacial score (nSPS) is 14.6. The van der Waals surface area contributed by atoms with Crippen molar-refractivity contribution in [2.45, 2.75) is 57.9 Å². The lowest BCUT2D eigenvalue weighted by Crippen LogP contribution is -2.44. The predicted molar refractivity (Wildman–Crippen MR) is 82.4 cm³/mol. The highest BCUT2D eigenvalue weighted by Crippen LogP contribution is 2.26. The van der Waals surface area contributed by atoms with Crippen molar-refractivity contribution in [3.63, 3.8) is 0 Å². The largest absolute Gasteiger partial charge is 0.475 e. The number of carbonyl (C=O) groups excluding carboxylic acids is 1. The summed E-state index contributed by atoms with van der Waals surface area (Å²) >= 11 is 0. The summed E-state index contributed by atoms with van der Waals surface area (Å²) in [5.74, 6) is -0.165. The number of primary amides is 1. The molecule has 1 aromatic heterocycles. The monoisotopic (exact) mass is 291 g/mol. The standard InChI is InChI=1S/C16H25N3O2/c1-3-16(18,4-2)10-21-15-12(14(17)20)9-11-7-5-6-8-13(11)19-15/h9H,3-8,10,18H2,1-2H3,(H2,17,20). The van der Waals surface area contributed by atoms with Gasteiger partial charge in [-0.3, -0.25) is 4.79 Å². The van der Waals surface area contributed by atoms with Crippen LogP contribution in [0.3, 0.4) is 0 Å². The summed E-state index contributed by atoms with van der Waals surface area (Å²) in [7, 11) is 0. The molecule has 0 saturated carbocycles. The minimum Gasteiger partial charge on any atom is -0.475 e. The number of pyridine rings is 1. The Hall–Kier alpha value is -1.62. The third-order valence-corrected chi connectivity index (χ3v) is 4.44. The average molecular weight is 291 g/mol. The third kappa shape index (κ3) is 3.53. The Labute approximate surface area is 126 Å². The van der Waals surface area contributed by atoms with Gasteiger partial charge in [-0.15, -0.1) is 0 Å². The van der Waals surface area contributed by atoms with Crippen molar-refractivity contribution in [3.05, 3.63) is 22.9 Å². The van der Waals surface area contributed by atoms with Gasteiger partial charge in [-0.2, -0.15) is 0 Å². The number of rotatable bonds is 6. The lowest BCUT2D eigenvalue weighted by Gasteiger charge is -2.27. The summed E-state index contributed by atoms with van der Waals surface area (Å²) in [6, 6.07) is 1.84. The summed E-state index contributed by atoms with van der Waals surface area (Å²) < 4.78 is 5.77. The maximum absolute atomic E-state index is 11.6. The van der Waals surface area contributed by atoms with Crippen molar-refractivity contribution in [1.82, 2.24) is 4.98 Å². The van der Waals surface area contributed by atoms with Gasteiger partial charge in [0.2, 0.25) is 5.88 Å². The van der Waals surface area contributed by atoms with Gasteiger partial charge in [-0.1, -0.05) is 13.8 Å². The maximum Gasteiger partial charge on any atom is 0.254 e. The van der Waals surface area contributed by atoms with E-state index in [1.807, 2.05) is 19.9 Å². The van der Waals surface area contributed by atoms with Crippen molar-refractivity contribution in [3.8, 4) is 5.88 Å². The van der Waals surface area contributed by atoms with E-state index in [4.69, 9.17) is 16.2 Å². The molecule has 1 aliphatic rings. The molecule has 0 aromatic carbocycles. The summed E-state index contributed by atoms with van der Waals surface area (Å²) in [6.45, 7) is 4.40. The number of fused-ring (bicyclic) bond motifs is 1. The van der Waals surface area contributed by atoms with Gasteiger partial charge in [0, 0.05) is 11.2 Å². The lowest BCUT2D eigenvalue weighted by atomic mass is 9.94. The fourth-order valence-corrected chi connectivity index (χ4v) is 2.57. The van der Waals surface area contributed by atoms with Crippen molar-refractivity contribution in [1.29, 1.82) is 0 Å². The van der Waals surface area contributed by atoms with Crippen molar-refractivity contribution in [2.75, 3.05) is 6.61 Å². The molecule has 0 atom stereocenters. The quantitative estimate of drug-likeness (QED) is 0.838. The van der Waals surface area contributed by atoms with Crippen LogP contribution in [-0.2, 0) is 12.8 Å². The number of nitrogens with two attached hydrogens (primary N) is 2. The van der Waals surface area contributed by atoms with Crippen LogP contribution >= 0.6 is 0 Å². The van der Waals surface area contributed by atoms with Gasteiger partial charge in [0.1, 0.15) is 12.2 Å². The highest BCUT2D eigenvalue weighted by molar-refractivity contribution is 5.95. The molecule has 5 nitrogen and oxygen atoms in total. The Morgan fingerprint density at radius 2 is 2.00 bits per heavy atom. The van der Waals surface area contributed by atoms with E-state index in [1.54, 1.807) is 0 Å². The Balaban J connectivity index is 2.27. The van der Waals surface area contributed by atoms with Crippen molar-refractivity contribution < 1.29 is 9.53 Å². The van der Waals surface area contributed by atoms with Gasteiger partial charge in [0.05, 0.1) is 0 Å². The molecule has 4 N–H and O–H groups in total. The fraction of sp³-hybridized carbons (Fsp3) is 0.625. The lowest BCUT2D eigenvalue weighted by molar-refractivity contribution is 0.0992. The number of nitrogens with zero attached hydrogens (tertiary/aromatic N) is 1. The number of amides is 1. The van der Waals surface area contributed by atoms with Gasteiger partial charge in [0.15, 0.2) is 0 Å². The zero-order chi connectivity index (χ0) is 15.5. The van der Waals surface area contributed by atoms with E-state index in [2.05, 4.69) is 4.98 Å². The Morgan fingerprint density at radius 3 is 2.62 bits per heavy atom. The first-order valence-electron chi connectivity index (χ1n) is 7.73. The molecule has 2 rings (SSSR count). The van der Waals surface area contributed by atoms with Crippen LogP contribution in [0.15, 0.2) is 6.07 Å². The second-order valence-corrected chi connectivity index (χ2v) is 5.88. The highest BCUT2D eigenvalue weighted by atomic mass is 16.5. The smallest absolute Gasteiger partial charge is 0.254 e. The van der Waals surface area contributed by atoms with Crippen LogP contribution in [0.5, 0.6) is 5.88 Å². The van der Waals surface area contributed by atoms with Crippen LogP contribution in [0.25, 0.3) is 0 Å². The van der Waals surface area contributed by atoms with E-state index in [1.165, 1.54) is 0 Å². The maximum atomic E-state index is 11.6. The molecule has 21 heavy (non-hydrogen) atoms.